The van der Waals surface area contributed by atoms with Gasteiger partial charge in [-0.15, -0.1) is 11.6 Å². The molecule has 0 N–H and O–H groups in total. The van der Waals surface area contributed by atoms with Crippen LogP contribution in [-0.2, 0) is 0 Å². The van der Waals surface area contributed by atoms with Gasteiger partial charge in [0.25, 0.3) is 0 Å². The summed E-state index contributed by atoms with van der Waals surface area (Å²) in [7, 11) is 0. The summed E-state index contributed by atoms with van der Waals surface area (Å²) >= 11 is 18.7. The molecule has 3 rings (SSSR count). The maximum atomic E-state index is 6.55. The summed E-state index contributed by atoms with van der Waals surface area (Å²) in [6.45, 7) is 1.31. The Morgan fingerprint density at radius 3 is 2.43 bits per heavy atom. The summed E-state index contributed by atoms with van der Waals surface area (Å²) in [6, 6.07) is 11.0. The second-order valence-corrected chi connectivity index (χ2v) is 6.07. The summed E-state index contributed by atoms with van der Waals surface area (Å²) in [5, 5.41) is 0.771. The maximum absolute atomic E-state index is 6.55. The number of fused-ring (bicyclic) bond motifs is 1. The van der Waals surface area contributed by atoms with Crippen LogP contribution in [0.3, 0.4) is 0 Å². The van der Waals surface area contributed by atoms with E-state index in [1.54, 1.807) is 12.1 Å². The van der Waals surface area contributed by atoms with E-state index in [-0.39, 0.29) is 5.38 Å². The number of hydrogen-bond acceptors (Lipinski definition) is 2. The number of hydrogen-bond donors (Lipinski definition) is 0. The second-order valence-electron chi connectivity index (χ2n) is 4.79. The van der Waals surface area contributed by atoms with Crippen molar-refractivity contribution in [2.24, 2.45) is 0 Å². The van der Waals surface area contributed by atoms with Crippen LogP contribution in [0.15, 0.2) is 36.4 Å². The highest BCUT2D eigenvalue weighted by molar-refractivity contribution is 6.36. The molecule has 2 aromatic rings. The number of benzene rings is 2. The van der Waals surface area contributed by atoms with Crippen molar-refractivity contribution in [2.75, 3.05) is 13.2 Å². The van der Waals surface area contributed by atoms with Crippen molar-refractivity contribution < 1.29 is 9.47 Å². The lowest BCUT2D eigenvalue weighted by atomic mass is 10.0. The zero-order valence-electron chi connectivity index (χ0n) is 11.1. The summed E-state index contributed by atoms with van der Waals surface area (Å²) in [4.78, 5) is 0. The fourth-order valence-electron chi connectivity index (χ4n) is 2.22. The van der Waals surface area contributed by atoms with Gasteiger partial charge in [-0.05, 0) is 35.4 Å². The molecule has 1 heterocycles. The molecule has 0 aromatic heterocycles. The van der Waals surface area contributed by atoms with Gasteiger partial charge in [0.05, 0.1) is 18.6 Å². The molecule has 0 spiro atoms. The third-order valence-electron chi connectivity index (χ3n) is 3.30. The second kappa shape index (κ2) is 6.35. The summed E-state index contributed by atoms with van der Waals surface area (Å²) < 4.78 is 11.3. The van der Waals surface area contributed by atoms with Crippen molar-refractivity contribution in [3.05, 3.63) is 57.6 Å². The van der Waals surface area contributed by atoms with Crippen LogP contribution in [-0.4, -0.2) is 13.2 Å². The minimum Gasteiger partial charge on any atom is -0.490 e. The van der Waals surface area contributed by atoms with Gasteiger partial charge in [-0.25, -0.2) is 0 Å². The molecule has 110 valence electrons. The first-order chi connectivity index (χ1) is 10.1. The van der Waals surface area contributed by atoms with Crippen LogP contribution in [0.4, 0.5) is 0 Å². The summed E-state index contributed by atoms with van der Waals surface area (Å²) in [6.07, 6.45) is 0.872. The lowest BCUT2D eigenvalue weighted by Gasteiger charge is -2.15. The van der Waals surface area contributed by atoms with E-state index in [9.17, 15) is 0 Å². The van der Waals surface area contributed by atoms with E-state index < -0.39 is 0 Å². The fraction of sp³-hybridized carbons (Fsp3) is 0.250. The molecule has 0 saturated carbocycles. The monoisotopic (exact) mass is 342 g/mol. The van der Waals surface area contributed by atoms with Gasteiger partial charge < -0.3 is 9.47 Å². The number of halogens is 3. The van der Waals surface area contributed by atoms with E-state index in [4.69, 9.17) is 44.3 Å². The molecule has 1 atom stereocenters. The van der Waals surface area contributed by atoms with Crippen LogP contribution in [0.2, 0.25) is 10.0 Å². The molecule has 2 nitrogen and oxygen atoms in total. The van der Waals surface area contributed by atoms with Gasteiger partial charge >= 0.3 is 0 Å². The summed E-state index contributed by atoms with van der Waals surface area (Å²) in [5.41, 5.74) is 1.72. The first kappa shape index (κ1) is 14.8. The SMILES string of the molecule is Clc1ccc(C(Cl)c2ccc3c(c2)OCCCO3)c(Cl)c1. The van der Waals surface area contributed by atoms with Crippen LogP contribution < -0.4 is 9.47 Å². The van der Waals surface area contributed by atoms with Crippen molar-refractivity contribution in [2.45, 2.75) is 11.8 Å². The molecular weight excluding hydrogens is 331 g/mol. The third kappa shape index (κ3) is 3.23. The fourth-order valence-corrected chi connectivity index (χ4v) is 3.12. The van der Waals surface area contributed by atoms with E-state index in [1.807, 2.05) is 24.3 Å². The van der Waals surface area contributed by atoms with Gasteiger partial charge in [0, 0.05) is 16.5 Å². The average molecular weight is 344 g/mol. The Morgan fingerprint density at radius 1 is 0.905 bits per heavy atom. The van der Waals surface area contributed by atoms with Crippen LogP contribution in [0.5, 0.6) is 11.5 Å². The van der Waals surface area contributed by atoms with Gasteiger partial charge in [0.2, 0.25) is 0 Å². The van der Waals surface area contributed by atoms with Crippen LogP contribution in [0.25, 0.3) is 0 Å². The van der Waals surface area contributed by atoms with Crippen molar-refractivity contribution in [3.8, 4) is 11.5 Å². The molecule has 0 saturated heterocycles. The number of ether oxygens (including phenoxy) is 2. The number of rotatable bonds is 2. The Balaban J connectivity index is 1.94. The molecule has 0 radical (unpaired) electrons. The molecule has 0 aliphatic carbocycles. The van der Waals surface area contributed by atoms with E-state index >= 15 is 0 Å². The van der Waals surface area contributed by atoms with Gasteiger partial charge in [0.15, 0.2) is 11.5 Å². The Labute approximate surface area is 138 Å². The van der Waals surface area contributed by atoms with Crippen LogP contribution in [0.1, 0.15) is 22.9 Å². The minimum absolute atomic E-state index is 0.369. The minimum atomic E-state index is -0.369. The predicted octanol–water partition coefficient (Wildman–Crippen LogP) is 5.48. The van der Waals surface area contributed by atoms with Crippen molar-refractivity contribution in [3.63, 3.8) is 0 Å². The first-order valence-corrected chi connectivity index (χ1v) is 7.83. The Hall–Kier alpha value is -1.09. The lowest BCUT2D eigenvalue weighted by molar-refractivity contribution is 0.297. The van der Waals surface area contributed by atoms with Gasteiger partial charge in [-0.3, -0.25) is 0 Å². The standard InChI is InChI=1S/C16H13Cl3O2/c17-11-3-4-12(13(18)9-11)16(19)10-2-5-14-15(8-10)21-7-1-6-20-14/h2-5,8-9,16H,1,6-7H2. The highest BCUT2D eigenvalue weighted by Crippen LogP contribution is 2.39. The zero-order chi connectivity index (χ0) is 14.8. The van der Waals surface area contributed by atoms with Gasteiger partial charge in [-0.2, -0.15) is 0 Å². The molecule has 2 aromatic carbocycles. The molecule has 21 heavy (non-hydrogen) atoms. The molecule has 0 bridgehead atoms. The van der Waals surface area contributed by atoms with E-state index in [0.29, 0.717) is 23.3 Å². The van der Waals surface area contributed by atoms with Gasteiger partial charge in [0.1, 0.15) is 0 Å². The van der Waals surface area contributed by atoms with E-state index in [1.165, 1.54) is 0 Å². The largest absolute Gasteiger partial charge is 0.490 e. The molecule has 1 aliphatic rings. The Kier molecular flexibility index (Phi) is 4.48. The topological polar surface area (TPSA) is 18.5 Å². The lowest BCUT2D eigenvalue weighted by Crippen LogP contribution is -1.98. The molecule has 5 heteroatoms. The molecule has 1 aliphatic heterocycles. The normalized spacial score (nSPS) is 15.4. The average Bonchev–Trinajstić information content (AvgIpc) is 2.71. The van der Waals surface area contributed by atoms with Crippen molar-refractivity contribution in [1.29, 1.82) is 0 Å². The molecular formula is C16H13Cl3O2. The zero-order valence-corrected chi connectivity index (χ0v) is 13.4. The summed E-state index contributed by atoms with van der Waals surface area (Å²) in [5.74, 6) is 1.48. The molecule has 1 unspecified atom stereocenters. The third-order valence-corrected chi connectivity index (χ3v) is 4.35. The van der Waals surface area contributed by atoms with Crippen molar-refractivity contribution in [1.82, 2.24) is 0 Å². The maximum Gasteiger partial charge on any atom is 0.161 e. The highest BCUT2D eigenvalue weighted by Gasteiger charge is 2.18. The highest BCUT2D eigenvalue weighted by atomic mass is 35.5. The van der Waals surface area contributed by atoms with E-state index in [0.717, 1.165) is 29.0 Å². The van der Waals surface area contributed by atoms with E-state index in [2.05, 4.69) is 0 Å². The van der Waals surface area contributed by atoms with Gasteiger partial charge in [-0.1, -0.05) is 35.3 Å². The molecule has 0 amide bonds. The Morgan fingerprint density at radius 2 is 1.67 bits per heavy atom. The number of alkyl halides is 1. The Bertz CT molecular complexity index is 658. The van der Waals surface area contributed by atoms with Crippen LogP contribution >= 0.6 is 34.8 Å². The van der Waals surface area contributed by atoms with Crippen LogP contribution in [0, 0.1) is 0 Å². The predicted molar refractivity (Wildman–Crippen MR) is 86.2 cm³/mol. The quantitative estimate of drug-likeness (QED) is 0.672. The van der Waals surface area contributed by atoms with Crippen molar-refractivity contribution >= 4 is 34.8 Å². The smallest absolute Gasteiger partial charge is 0.161 e. The first-order valence-electron chi connectivity index (χ1n) is 6.64. The molecule has 0 fully saturated rings.